The van der Waals surface area contributed by atoms with Crippen LogP contribution in [0.2, 0.25) is 10.0 Å². The molecule has 0 bridgehead atoms. The van der Waals surface area contributed by atoms with Gasteiger partial charge in [-0.25, -0.2) is 4.98 Å². The molecule has 1 aliphatic heterocycles. The first-order chi connectivity index (χ1) is 14.6. The maximum atomic E-state index is 6.18. The summed E-state index contributed by atoms with van der Waals surface area (Å²) in [4.78, 5) is 9.94. The largest absolute Gasteiger partial charge is 0.342 e. The molecule has 30 heavy (non-hydrogen) atoms. The number of hydrogen-bond donors (Lipinski definition) is 0. The summed E-state index contributed by atoms with van der Waals surface area (Å²) in [6.45, 7) is 10.6. The van der Waals surface area contributed by atoms with Crippen LogP contribution in [-0.4, -0.2) is 40.6 Å². The van der Waals surface area contributed by atoms with Crippen LogP contribution < -0.4 is 4.90 Å². The smallest absolute Gasteiger partial charge is 0.206 e. The maximum Gasteiger partial charge on any atom is 0.206 e. The number of halogens is 2. The molecule has 1 aromatic heterocycles. The molecule has 2 heterocycles. The van der Waals surface area contributed by atoms with Gasteiger partial charge in [0.05, 0.1) is 21.1 Å². The van der Waals surface area contributed by atoms with E-state index in [9.17, 15) is 0 Å². The number of nitrogens with zero attached hydrogens (tertiary/aromatic N) is 4. The van der Waals surface area contributed by atoms with Crippen molar-refractivity contribution in [1.29, 1.82) is 0 Å². The third-order valence-electron chi connectivity index (χ3n) is 6.19. The summed E-state index contributed by atoms with van der Waals surface area (Å²) < 4.78 is 2.35. The van der Waals surface area contributed by atoms with Crippen LogP contribution in [-0.2, 0) is 13.1 Å². The Hall–Kier alpha value is -1.75. The molecule has 160 valence electrons. The predicted octanol–water partition coefficient (Wildman–Crippen LogP) is 6.10. The monoisotopic (exact) mass is 444 g/mol. The first kappa shape index (κ1) is 21.5. The molecule has 0 saturated carbocycles. The standard InChI is InChI=1S/C24H30Cl2N4/c1-3-29(24-27-22-7-5-6-8-23(22)30(24)4-2)17-18-11-13-28(14-12-18)16-19-9-10-20(25)21(26)15-19/h5-10,15,18H,3-4,11-14,16-17H2,1-2H3. The molecule has 1 fully saturated rings. The van der Waals surface area contributed by atoms with E-state index in [1.165, 1.54) is 23.9 Å². The molecule has 6 heteroatoms. The van der Waals surface area contributed by atoms with Gasteiger partial charge in [0.2, 0.25) is 5.95 Å². The molecule has 4 rings (SSSR count). The van der Waals surface area contributed by atoms with Gasteiger partial charge in [-0.3, -0.25) is 4.90 Å². The number of imidazole rings is 1. The summed E-state index contributed by atoms with van der Waals surface area (Å²) in [6.07, 6.45) is 2.42. The van der Waals surface area contributed by atoms with Gasteiger partial charge in [-0.05, 0) is 75.5 Å². The van der Waals surface area contributed by atoms with Gasteiger partial charge in [-0.15, -0.1) is 0 Å². The fraction of sp³-hybridized carbons (Fsp3) is 0.458. The van der Waals surface area contributed by atoms with Crippen molar-refractivity contribution in [2.24, 2.45) is 5.92 Å². The van der Waals surface area contributed by atoms with Gasteiger partial charge < -0.3 is 9.47 Å². The number of fused-ring (bicyclic) bond motifs is 1. The van der Waals surface area contributed by atoms with Crippen molar-refractivity contribution in [3.63, 3.8) is 0 Å². The molecule has 4 nitrogen and oxygen atoms in total. The average molecular weight is 445 g/mol. The predicted molar refractivity (Wildman–Crippen MR) is 128 cm³/mol. The van der Waals surface area contributed by atoms with Crippen LogP contribution in [0.15, 0.2) is 42.5 Å². The van der Waals surface area contributed by atoms with Crippen LogP contribution >= 0.6 is 23.2 Å². The quantitative estimate of drug-likeness (QED) is 0.439. The number of likely N-dealkylation sites (tertiary alicyclic amines) is 1. The number of rotatable bonds is 7. The van der Waals surface area contributed by atoms with Crippen molar-refractivity contribution in [2.75, 3.05) is 31.1 Å². The first-order valence-electron chi connectivity index (χ1n) is 11.0. The molecule has 0 unspecified atom stereocenters. The van der Waals surface area contributed by atoms with Crippen molar-refractivity contribution in [1.82, 2.24) is 14.5 Å². The van der Waals surface area contributed by atoms with E-state index in [1.807, 2.05) is 12.1 Å². The fourth-order valence-electron chi connectivity index (χ4n) is 4.50. The molecule has 1 saturated heterocycles. The minimum Gasteiger partial charge on any atom is -0.342 e. The number of benzene rings is 2. The van der Waals surface area contributed by atoms with E-state index >= 15 is 0 Å². The van der Waals surface area contributed by atoms with E-state index in [0.29, 0.717) is 16.0 Å². The van der Waals surface area contributed by atoms with Crippen molar-refractivity contribution in [2.45, 2.75) is 39.8 Å². The lowest BCUT2D eigenvalue weighted by atomic mass is 9.96. The summed E-state index contributed by atoms with van der Waals surface area (Å²) in [5, 5.41) is 1.26. The van der Waals surface area contributed by atoms with Gasteiger partial charge in [0.25, 0.3) is 0 Å². The highest BCUT2D eigenvalue weighted by atomic mass is 35.5. The molecule has 0 amide bonds. The van der Waals surface area contributed by atoms with Gasteiger partial charge >= 0.3 is 0 Å². The number of aryl methyl sites for hydroxylation is 1. The van der Waals surface area contributed by atoms with Gasteiger partial charge in [0.15, 0.2) is 0 Å². The zero-order valence-electron chi connectivity index (χ0n) is 17.8. The molecule has 0 spiro atoms. The second-order valence-electron chi connectivity index (χ2n) is 8.15. The fourth-order valence-corrected chi connectivity index (χ4v) is 4.82. The van der Waals surface area contributed by atoms with Crippen molar-refractivity contribution in [3.8, 4) is 0 Å². The first-order valence-corrected chi connectivity index (χ1v) is 11.7. The number of aromatic nitrogens is 2. The van der Waals surface area contributed by atoms with Crippen LogP contribution in [0, 0.1) is 5.92 Å². The Labute approximate surface area is 189 Å². The highest BCUT2D eigenvalue weighted by molar-refractivity contribution is 6.42. The number of hydrogen-bond acceptors (Lipinski definition) is 3. The van der Waals surface area contributed by atoms with Gasteiger partial charge in [0.1, 0.15) is 0 Å². The zero-order chi connectivity index (χ0) is 21.1. The Morgan fingerprint density at radius 2 is 1.80 bits per heavy atom. The van der Waals surface area contributed by atoms with Crippen molar-refractivity contribution in [3.05, 3.63) is 58.1 Å². The second-order valence-corrected chi connectivity index (χ2v) is 8.97. The summed E-state index contributed by atoms with van der Waals surface area (Å²) >= 11 is 12.2. The summed E-state index contributed by atoms with van der Waals surface area (Å²) in [5.74, 6) is 1.81. The van der Waals surface area contributed by atoms with Gasteiger partial charge in [-0.2, -0.15) is 0 Å². The molecular weight excluding hydrogens is 415 g/mol. The van der Waals surface area contributed by atoms with E-state index in [1.54, 1.807) is 0 Å². The van der Waals surface area contributed by atoms with Crippen molar-refractivity contribution >= 4 is 40.2 Å². The van der Waals surface area contributed by atoms with Crippen LogP contribution in [0.5, 0.6) is 0 Å². The summed E-state index contributed by atoms with van der Waals surface area (Å²) in [7, 11) is 0. The van der Waals surface area contributed by atoms with Crippen LogP contribution in [0.1, 0.15) is 32.3 Å². The molecule has 0 radical (unpaired) electrons. The Balaban J connectivity index is 1.38. The average Bonchev–Trinajstić information content (AvgIpc) is 3.14. The third-order valence-corrected chi connectivity index (χ3v) is 6.93. The number of anilines is 1. The molecule has 2 aromatic carbocycles. The van der Waals surface area contributed by atoms with E-state index in [4.69, 9.17) is 28.2 Å². The lowest BCUT2D eigenvalue weighted by molar-refractivity contribution is 0.179. The van der Waals surface area contributed by atoms with Crippen LogP contribution in [0.3, 0.4) is 0 Å². The van der Waals surface area contributed by atoms with Gasteiger partial charge in [0, 0.05) is 26.2 Å². The van der Waals surface area contributed by atoms with E-state index in [0.717, 1.165) is 50.7 Å². The van der Waals surface area contributed by atoms with E-state index in [2.05, 4.69) is 58.5 Å². The van der Waals surface area contributed by atoms with Gasteiger partial charge in [-0.1, -0.05) is 41.4 Å². The maximum absolute atomic E-state index is 6.18. The SMILES string of the molecule is CCN(CC1CCN(Cc2ccc(Cl)c(Cl)c2)CC1)c1nc2ccccc2n1CC. The van der Waals surface area contributed by atoms with Crippen LogP contribution in [0.4, 0.5) is 5.95 Å². The van der Waals surface area contributed by atoms with Crippen molar-refractivity contribution < 1.29 is 0 Å². The number of piperidine rings is 1. The highest BCUT2D eigenvalue weighted by Crippen LogP contribution is 2.27. The number of para-hydroxylation sites is 2. The summed E-state index contributed by atoms with van der Waals surface area (Å²) in [5.41, 5.74) is 3.55. The highest BCUT2D eigenvalue weighted by Gasteiger charge is 2.23. The molecule has 0 N–H and O–H groups in total. The Morgan fingerprint density at radius 1 is 1.03 bits per heavy atom. The Bertz CT molecular complexity index is 992. The Kier molecular flexibility index (Phi) is 6.87. The van der Waals surface area contributed by atoms with E-state index < -0.39 is 0 Å². The summed E-state index contributed by atoms with van der Waals surface area (Å²) in [6, 6.07) is 14.4. The normalized spacial score (nSPS) is 15.7. The third kappa shape index (κ3) is 4.61. The molecule has 0 atom stereocenters. The zero-order valence-corrected chi connectivity index (χ0v) is 19.3. The molecule has 0 aliphatic carbocycles. The Morgan fingerprint density at radius 3 is 2.50 bits per heavy atom. The lowest BCUT2D eigenvalue weighted by Gasteiger charge is -2.35. The van der Waals surface area contributed by atoms with E-state index in [-0.39, 0.29) is 0 Å². The minimum absolute atomic E-state index is 0.622. The molecule has 1 aliphatic rings. The topological polar surface area (TPSA) is 24.3 Å². The minimum atomic E-state index is 0.622. The molecule has 3 aromatic rings. The lowest BCUT2D eigenvalue weighted by Crippen LogP contribution is -2.39. The second kappa shape index (κ2) is 9.59. The molecular formula is C24H30Cl2N4. The van der Waals surface area contributed by atoms with Crippen LogP contribution in [0.25, 0.3) is 11.0 Å².